The topological polar surface area (TPSA) is 77.2 Å². The minimum absolute atomic E-state index is 0.0275. The Bertz CT molecular complexity index is 776. The molecule has 2 aliphatic carbocycles. The first-order chi connectivity index (χ1) is 11.6. The summed E-state index contributed by atoms with van der Waals surface area (Å²) in [7, 11) is 0. The highest BCUT2D eigenvalue weighted by atomic mass is 35.5. The minimum Gasteiger partial charge on any atom is -0.478 e. The van der Waals surface area contributed by atoms with E-state index in [1.54, 1.807) is 18.3 Å². The van der Waals surface area contributed by atoms with Crippen molar-refractivity contribution in [3.63, 3.8) is 0 Å². The summed E-state index contributed by atoms with van der Waals surface area (Å²) >= 11 is 5.90. The van der Waals surface area contributed by atoms with Crippen molar-refractivity contribution in [2.45, 2.75) is 25.7 Å². The second kappa shape index (κ2) is 6.09. The number of hydrogen-bond acceptors (Lipinski definition) is 4. The van der Waals surface area contributed by atoms with Gasteiger partial charge in [0.15, 0.2) is 5.82 Å². The molecule has 24 heavy (non-hydrogen) atoms. The van der Waals surface area contributed by atoms with Crippen LogP contribution in [0.25, 0.3) is 5.82 Å². The smallest absolute Gasteiger partial charge is 0.338 e. The summed E-state index contributed by atoms with van der Waals surface area (Å²) in [6.07, 6.45) is 7.09. The highest BCUT2D eigenvalue weighted by Gasteiger charge is 2.39. The van der Waals surface area contributed by atoms with Crippen LogP contribution in [0.1, 0.15) is 36.0 Å². The Morgan fingerprint density at radius 2 is 2.21 bits per heavy atom. The molecule has 0 amide bonds. The predicted octanol–water partition coefficient (Wildman–Crippen LogP) is 3.43. The van der Waals surface area contributed by atoms with Crippen LogP contribution in [0.15, 0.2) is 24.4 Å². The van der Waals surface area contributed by atoms with Crippen molar-refractivity contribution < 1.29 is 14.6 Å². The number of ether oxygens (including phenoxy) is 1. The van der Waals surface area contributed by atoms with Crippen molar-refractivity contribution in [3.8, 4) is 11.7 Å². The van der Waals surface area contributed by atoms with Gasteiger partial charge in [0.25, 0.3) is 0 Å². The fourth-order valence-electron chi connectivity index (χ4n) is 4.00. The van der Waals surface area contributed by atoms with Gasteiger partial charge >= 0.3 is 5.97 Å². The van der Waals surface area contributed by atoms with Gasteiger partial charge in [-0.2, -0.15) is 0 Å². The Kier molecular flexibility index (Phi) is 3.92. The van der Waals surface area contributed by atoms with Gasteiger partial charge in [-0.05, 0) is 49.1 Å². The number of halogens is 1. The normalized spacial score (nSPS) is 25.1. The maximum Gasteiger partial charge on any atom is 0.338 e. The Hall–Kier alpha value is -2.08. The van der Waals surface area contributed by atoms with Crippen molar-refractivity contribution in [3.05, 3.63) is 35.1 Å². The van der Waals surface area contributed by atoms with Crippen LogP contribution in [0, 0.1) is 17.8 Å². The number of carboxylic acid groups (broad SMARTS) is 1. The van der Waals surface area contributed by atoms with Crippen molar-refractivity contribution in [2.24, 2.45) is 17.8 Å². The molecule has 7 heteroatoms. The number of carbonyl (C=O) groups is 1. The number of pyridine rings is 1. The van der Waals surface area contributed by atoms with Crippen LogP contribution in [-0.4, -0.2) is 32.4 Å². The number of fused-ring (bicyclic) bond motifs is 2. The highest BCUT2D eigenvalue weighted by molar-refractivity contribution is 6.32. The number of nitrogens with zero attached hydrogens (tertiary/aromatic N) is 3. The summed E-state index contributed by atoms with van der Waals surface area (Å²) in [5, 5.41) is 13.3. The summed E-state index contributed by atoms with van der Waals surface area (Å²) < 4.78 is 7.39. The molecule has 1 N–H and O–H groups in total. The molecule has 2 aliphatic rings. The zero-order valence-corrected chi connectivity index (χ0v) is 13.8. The molecule has 4 rings (SSSR count). The van der Waals surface area contributed by atoms with E-state index in [9.17, 15) is 4.79 Å². The third-order valence-corrected chi connectivity index (χ3v) is 5.48. The Balaban J connectivity index is 1.43. The molecule has 2 heterocycles. The van der Waals surface area contributed by atoms with Crippen LogP contribution < -0.4 is 4.74 Å². The molecule has 126 valence electrons. The van der Waals surface area contributed by atoms with Gasteiger partial charge in [-0.1, -0.05) is 18.0 Å². The molecule has 0 aliphatic heterocycles. The average Bonchev–Trinajstić information content (AvgIpc) is 3.29. The zero-order chi connectivity index (χ0) is 16.7. The number of aromatic carboxylic acids is 1. The summed E-state index contributed by atoms with van der Waals surface area (Å²) in [5.41, 5.74) is -0.0275. The number of carboxylic acids is 1. The van der Waals surface area contributed by atoms with E-state index in [0.717, 1.165) is 11.8 Å². The Morgan fingerprint density at radius 1 is 1.33 bits per heavy atom. The minimum atomic E-state index is -1.10. The van der Waals surface area contributed by atoms with Gasteiger partial charge in [0.2, 0.25) is 5.88 Å². The number of aromatic nitrogens is 3. The average molecular weight is 348 g/mol. The van der Waals surface area contributed by atoms with Crippen molar-refractivity contribution in [2.75, 3.05) is 6.61 Å². The van der Waals surface area contributed by atoms with Crippen LogP contribution in [0.4, 0.5) is 0 Å². The number of hydrogen-bond donors (Lipinski definition) is 1. The van der Waals surface area contributed by atoms with E-state index >= 15 is 0 Å². The van der Waals surface area contributed by atoms with Crippen molar-refractivity contribution in [1.82, 2.24) is 14.8 Å². The molecular weight excluding hydrogens is 330 g/mol. The summed E-state index contributed by atoms with van der Waals surface area (Å²) in [6.45, 7) is 0.713. The van der Waals surface area contributed by atoms with E-state index in [-0.39, 0.29) is 10.7 Å². The molecule has 0 aromatic carbocycles. The monoisotopic (exact) mass is 347 g/mol. The van der Waals surface area contributed by atoms with Crippen LogP contribution in [0.5, 0.6) is 5.88 Å². The van der Waals surface area contributed by atoms with Gasteiger partial charge in [0.05, 0.1) is 12.2 Å². The fraction of sp³-hybridized carbons (Fsp3) is 0.471. The van der Waals surface area contributed by atoms with Gasteiger partial charge in [0.1, 0.15) is 5.15 Å². The van der Waals surface area contributed by atoms with E-state index < -0.39 is 5.97 Å². The summed E-state index contributed by atoms with van der Waals surface area (Å²) in [4.78, 5) is 15.0. The van der Waals surface area contributed by atoms with E-state index in [4.69, 9.17) is 21.4 Å². The van der Waals surface area contributed by atoms with Crippen LogP contribution >= 0.6 is 11.6 Å². The lowest BCUT2D eigenvalue weighted by Gasteiger charge is -2.20. The SMILES string of the molecule is O=C(O)c1ccc(-n2ccc(OCC3CC4CCC3C4)n2)nc1Cl. The fourth-order valence-corrected chi connectivity index (χ4v) is 4.23. The van der Waals surface area contributed by atoms with Gasteiger partial charge in [-0.25, -0.2) is 14.5 Å². The van der Waals surface area contributed by atoms with Gasteiger partial charge in [-0.3, -0.25) is 0 Å². The standard InChI is InChI=1S/C17H18ClN3O3/c18-16-13(17(22)23)3-4-14(19-16)21-6-5-15(20-21)24-9-12-8-10-1-2-11(12)7-10/h3-6,10-12H,1-2,7-9H2,(H,22,23). The quantitative estimate of drug-likeness (QED) is 0.838. The second-order valence-corrected chi connectivity index (χ2v) is 7.02. The molecule has 0 saturated heterocycles. The molecule has 2 aromatic heterocycles. The van der Waals surface area contributed by atoms with E-state index in [1.807, 2.05) is 0 Å². The van der Waals surface area contributed by atoms with Gasteiger partial charge in [-0.15, -0.1) is 5.10 Å². The molecule has 3 atom stereocenters. The van der Waals surface area contributed by atoms with E-state index in [0.29, 0.717) is 24.2 Å². The van der Waals surface area contributed by atoms with E-state index in [2.05, 4.69) is 10.1 Å². The molecule has 0 spiro atoms. The Labute approximate surface area is 144 Å². The summed E-state index contributed by atoms with van der Waals surface area (Å²) in [5.74, 6) is 2.28. The first kappa shape index (κ1) is 15.4. The molecule has 2 bridgehead atoms. The van der Waals surface area contributed by atoms with E-state index in [1.165, 1.54) is 36.4 Å². The van der Waals surface area contributed by atoms with Crippen LogP contribution in [0.3, 0.4) is 0 Å². The first-order valence-corrected chi connectivity index (χ1v) is 8.56. The molecule has 2 saturated carbocycles. The zero-order valence-electron chi connectivity index (χ0n) is 13.1. The molecule has 2 aromatic rings. The van der Waals surface area contributed by atoms with Crippen LogP contribution in [-0.2, 0) is 0 Å². The predicted molar refractivity (Wildman–Crippen MR) is 87.8 cm³/mol. The van der Waals surface area contributed by atoms with Crippen LogP contribution in [0.2, 0.25) is 5.15 Å². The Morgan fingerprint density at radius 3 is 2.88 bits per heavy atom. The molecule has 2 fully saturated rings. The van der Waals surface area contributed by atoms with Crippen molar-refractivity contribution >= 4 is 17.6 Å². The maximum atomic E-state index is 11.0. The third-order valence-electron chi connectivity index (χ3n) is 5.19. The molecular formula is C17H18ClN3O3. The maximum absolute atomic E-state index is 11.0. The molecule has 6 nitrogen and oxygen atoms in total. The lowest BCUT2D eigenvalue weighted by molar-refractivity contribution is 0.0696. The van der Waals surface area contributed by atoms with Gasteiger partial charge < -0.3 is 9.84 Å². The third kappa shape index (κ3) is 2.86. The molecule has 3 unspecified atom stereocenters. The lowest BCUT2D eigenvalue weighted by Crippen LogP contribution is -2.18. The summed E-state index contributed by atoms with van der Waals surface area (Å²) in [6, 6.07) is 4.78. The van der Waals surface area contributed by atoms with Gasteiger partial charge in [0, 0.05) is 12.3 Å². The highest BCUT2D eigenvalue weighted by Crippen LogP contribution is 2.48. The lowest BCUT2D eigenvalue weighted by atomic mass is 9.90. The second-order valence-electron chi connectivity index (χ2n) is 6.66. The molecule has 0 radical (unpaired) electrons. The largest absolute Gasteiger partial charge is 0.478 e. The van der Waals surface area contributed by atoms with Crippen molar-refractivity contribution in [1.29, 1.82) is 0 Å². The number of rotatable bonds is 5. The first-order valence-electron chi connectivity index (χ1n) is 8.19.